The summed E-state index contributed by atoms with van der Waals surface area (Å²) in [5, 5.41) is 12.6. The van der Waals surface area contributed by atoms with E-state index in [1.165, 1.54) is 0 Å². The van der Waals surface area contributed by atoms with Crippen LogP contribution in [0.5, 0.6) is 0 Å². The average Bonchev–Trinajstić information content (AvgIpc) is 2.54. The van der Waals surface area contributed by atoms with Crippen molar-refractivity contribution >= 4 is 11.6 Å². The molecule has 2 N–H and O–H groups in total. The minimum Gasteiger partial charge on any atom is -0.389 e. The van der Waals surface area contributed by atoms with Crippen LogP contribution in [0.3, 0.4) is 0 Å². The van der Waals surface area contributed by atoms with E-state index in [-0.39, 0.29) is 5.91 Å². The number of rotatable bonds is 2. The third-order valence-corrected chi connectivity index (χ3v) is 3.04. The fraction of sp³-hybridized carbons (Fsp3) is 0.462. The van der Waals surface area contributed by atoms with Crippen molar-refractivity contribution in [2.24, 2.45) is 0 Å². The van der Waals surface area contributed by atoms with Gasteiger partial charge in [0.15, 0.2) is 0 Å². The lowest BCUT2D eigenvalue weighted by atomic mass is 10.1. The van der Waals surface area contributed by atoms with E-state index >= 15 is 0 Å². The van der Waals surface area contributed by atoms with Crippen LogP contribution in [0.1, 0.15) is 25.0 Å². The molecule has 17 heavy (non-hydrogen) atoms. The van der Waals surface area contributed by atoms with Gasteiger partial charge < -0.3 is 15.3 Å². The molecule has 4 nitrogen and oxygen atoms in total. The second kappa shape index (κ2) is 5.19. The summed E-state index contributed by atoms with van der Waals surface area (Å²) in [4.78, 5) is 13.4. The molecule has 1 aromatic rings. The number of hydrogen-bond donors (Lipinski definition) is 2. The highest BCUT2D eigenvalue weighted by atomic mass is 16.3. The van der Waals surface area contributed by atoms with Gasteiger partial charge in [-0.3, -0.25) is 4.79 Å². The minimum atomic E-state index is -0.488. The first-order valence-corrected chi connectivity index (χ1v) is 5.97. The molecule has 4 heteroatoms. The Morgan fingerprint density at radius 1 is 1.35 bits per heavy atom. The molecular formula is C13H18N2O2. The van der Waals surface area contributed by atoms with Crippen LogP contribution in [-0.2, 0) is 4.79 Å². The Hall–Kier alpha value is -1.55. The summed E-state index contributed by atoms with van der Waals surface area (Å²) in [7, 11) is 0. The van der Waals surface area contributed by atoms with Gasteiger partial charge in [0.1, 0.15) is 0 Å². The van der Waals surface area contributed by atoms with E-state index in [2.05, 4.69) is 10.2 Å². The number of benzene rings is 1. The molecule has 1 aliphatic rings. The number of para-hydroxylation sites is 1. The Bertz CT molecular complexity index is 404. The fourth-order valence-electron chi connectivity index (χ4n) is 2.14. The third kappa shape index (κ3) is 2.77. The zero-order valence-corrected chi connectivity index (χ0v) is 10.0. The van der Waals surface area contributed by atoms with Crippen molar-refractivity contribution in [1.29, 1.82) is 0 Å². The van der Waals surface area contributed by atoms with Gasteiger partial charge >= 0.3 is 0 Å². The minimum absolute atomic E-state index is 0.0991. The van der Waals surface area contributed by atoms with Crippen LogP contribution >= 0.6 is 0 Å². The lowest BCUT2D eigenvalue weighted by Crippen LogP contribution is -2.29. The lowest BCUT2D eigenvalue weighted by molar-refractivity contribution is -0.120. The van der Waals surface area contributed by atoms with Crippen LogP contribution in [0, 0.1) is 0 Å². The summed E-state index contributed by atoms with van der Waals surface area (Å²) in [6, 6.07) is 7.81. The highest BCUT2D eigenvalue weighted by Crippen LogP contribution is 2.26. The Morgan fingerprint density at radius 2 is 2.12 bits per heavy atom. The summed E-state index contributed by atoms with van der Waals surface area (Å²) in [5.41, 5.74) is 1.95. The van der Waals surface area contributed by atoms with E-state index < -0.39 is 6.10 Å². The summed E-state index contributed by atoms with van der Waals surface area (Å²) in [6.45, 7) is 3.91. The van der Waals surface area contributed by atoms with Crippen molar-refractivity contribution in [3.63, 3.8) is 0 Å². The van der Waals surface area contributed by atoms with Crippen LogP contribution < -0.4 is 10.2 Å². The predicted octanol–water partition coefficient (Wildman–Crippen LogP) is 1.07. The zero-order valence-electron chi connectivity index (χ0n) is 10.0. The Balaban J connectivity index is 2.23. The predicted molar refractivity (Wildman–Crippen MR) is 66.9 cm³/mol. The van der Waals surface area contributed by atoms with E-state index in [0.29, 0.717) is 19.5 Å². The number of aliphatic hydroxyl groups is 1. The van der Waals surface area contributed by atoms with Gasteiger partial charge in [-0.05, 0) is 13.0 Å². The zero-order chi connectivity index (χ0) is 12.3. The maximum atomic E-state index is 11.3. The van der Waals surface area contributed by atoms with Gasteiger partial charge in [-0.15, -0.1) is 0 Å². The second-order valence-electron chi connectivity index (χ2n) is 4.32. The van der Waals surface area contributed by atoms with Gasteiger partial charge in [0, 0.05) is 37.3 Å². The number of nitrogens with one attached hydrogen (secondary N) is 1. The van der Waals surface area contributed by atoms with Crippen LogP contribution in [0.15, 0.2) is 24.3 Å². The summed E-state index contributed by atoms with van der Waals surface area (Å²) in [5.74, 6) is 0.0991. The van der Waals surface area contributed by atoms with Crippen LogP contribution in [0.2, 0.25) is 0 Å². The number of carbonyl (C=O) groups excluding carboxylic acids is 1. The fourth-order valence-corrected chi connectivity index (χ4v) is 2.14. The van der Waals surface area contributed by atoms with Gasteiger partial charge in [0.25, 0.3) is 0 Å². The van der Waals surface area contributed by atoms with Crippen molar-refractivity contribution in [3.8, 4) is 0 Å². The van der Waals surface area contributed by atoms with E-state index in [0.717, 1.165) is 17.8 Å². The van der Waals surface area contributed by atoms with E-state index in [9.17, 15) is 9.90 Å². The maximum Gasteiger partial charge on any atom is 0.221 e. The maximum absolute atomic E-state index is 11.3. The van der Waals surface area contributed by atoms with E-state index in [1.807, 2.05) is 24.3 Å². The van der Waals surface area contributed by atoms with Gasteiger partial charge in [-0.25, -0.2) is 0 Å². The summed E-state index contributed by atoms with van der Waals surface area (Å²) < 4.78 is 0. The Kier molecular flexibility index (Phi) is 3.64. The van der Waals surface area contributed by atoms with Crippen LogP contribution in [0.25, 0.3) is 0 Å². The summed E-state index contributed by atoms with van der Waals surface area (Å²) in [6.07, 6.45) is 0.0202. The monoisotopic (exact) mass is 234 g/mol. The van der Waals surface area contributed by atoms with Gasteiger partial charge in [0.2, 0.25) is 5.91 Å². The third-order valence-electron chi connectivity index (χ3n) is 3.04. The Morgan fingerprint density at radius 3 is 2.88 bits per heavy atom. The molecule has 92 valence electrons. The molecule has 1 aromatic carbocycles. The first-order chi connectivity index (χ1) is 8.18. The molecule has 0 unspecified atom stereocenters. The molecule has 1 heterocycles. The molecule has 0 aliphatic carbocycles. The van der Waals surface area contributed by atoms with E-state index in [4.69, 9.17) is 0 Å². The number of anilines is 1. The molecule has 1 fully saturated rings. The van der Waals surface area contributed by atoms with Crippen molar-refractivity contribution in [1.82, 2.24) is 5.32 Å². The number of hydrogen-bond acceptors (Lipinski definition) is 3. The molecule has 1 saturated heterocycles. The van der Waals surface area contributed by atoms with Crippen molar-refractivity contribution < 1.29 is 9.90 Å². The molecule has 0 bridgehead atoms. The normalized spacial score (nSPS) is 18.5. The molecule has 0 aromatic heterocycles. The molecule has 1 aliphatic heterocycles. The molecular weight excluding hydrogens is 216 g/mol. The van der Waals surface area contributed by atoms with Crippen molar-refractivity contribution in [3.05, 3.63) is 29.8 Å². The van der Waals surface area contributed by atoms with Crippen molar-refractivity contribution in [2.75, 3.05) is 24.5 Å². The van der Waals surface area contributed by atoms with Crippen molar-refractivity contribution in [2.45, 2.75) is 19.4 Å². The average molecular weight is 234 g/mol. The lowest BCUT2D eigenvalue weighted by Gasteiger charge is -2.25. The quantitative estimate of drug-likeness (QED) is 0.804. The molecule has 1 amide bonds. The smallest absolute Gasteiger partial charge is 0.221 e. The van der Waals surface area contributed by atoms with E-state index in [1.54, 1.807) is 6.92 Å². The highest BCUT2D eigenvalue weighted by Gasteiger charge is 2.17. The highest BCUT2D eigenvalue weighted by molar-refractivity contribution is 5.77. The molecule has 0 saturated carbocycles. The number of aliphatic hydroxyl groups excluding tert-OH is 1. The largest absolute Gasteiger partial charge is 0.389 e. The standard InChI is InChI=1S/C13H18N2O2/c1-10(16)11-4-2-3-5-12(11)15-8-6-13(17)14-7-9-15/h2-5,10,16H,6-9H2,1H3,(H,14,17)/t10-/m0/s1. The molecule has 2 rings (SSSR count). The van der Waals surface area contributed by atoms with Crippen LogP contribution in [-0.4, -0.2) is 30.6 Å². The van der Waals surface area contributed by atoms with Gasteiger partial charge in [-0.1, -0.05) is 18.2 Å². The molecule has 1 atom stereocenters. The van der Waals surface area contributed by atoms with Crippen LogP contribution in [0.4, 0.5) is 5.69 Å². The van der Waals surface area contributed by atoms with Gasteiger partial charge in [0.05, 0.1) is 6.10 Å². The number of carbonyl (C=O) groups is 1. The first kappa shape index (κ1) is 11.9. The molecule has 0 radical (unpaired) electrons. The SMILES string of the molecule is C[C@H](O)c1ccccc1N1CCNC(=O)CC1. The number of nitrogens with zero attached hydrogens (tertiary/aromatic N) is 1. The Labute approximate surface area is 101 Å². The first-order valence-electron chi connectivity index (χ1n) is 5.97. The number of amides is 1. The topological polar surface area (TPSA) is 52.6 Å². The second-order valence-corrected chi connectivity index (χ2v) is 4.32. The summed E-state index contributed by atoms with van der Waals surface area (Å²) >= 11 is 0. The molecule has 0 spiro atoms. The van der Waals surface area contributed by atoms with Gasteiger partial charge in [-0.2, -0.15) is 0 Å².